The Balaban J connectivity index is 2.51. The smallest absolute Gasteiger partial charge is 0.357 e. The number of benzene rings is 1. The number of ether oxygens (including phenoxy) is 1. The van der Waals surface area contributed by atoms with E-state index in [0.29, 0.717) is 23.1 Å². The number of hydrogen-bond acceptors (Lipinski definition) is 6. The first-order valence-corrected chi connectivity index (χ1v) is 9.47. The second kappa shape index (κ2) is 7.90. The number of fused-ring (bicyclic) bond motifs is 1. The summed E-state index contributed by atoms with van der Waals surface area (Å²) in [6.07, 6.45) is 2.03. The Morgan fingerprint density at radius 1 is 1.28 bits per heavy atom. The van der Waals surface area contributed by atoms with Gasteiger partial charge in [0.2, 0.25) is 10.0 Å². The molecule has 1 unspecified atom stereocenters. The predicted molar refractivity (Wildman–Crippen MR) is 95.7 cm³/mol. The van der Waals surface area contributed by atoms with Crippen LogP contribution in [-0.4, -0.2) is 39.1 Å². The molecule has 0 fully saturated rings. The second-order valence-electron chi connectivity index (χ2n) is 6.19. The van der Waals surface area contributed by atoms with Crippen LogP contribution in [0.2, 0.25) is 0 Å². The van der Waals surface area contributed by atoms with Crippen LogP contribution in [0, 0.1) is 5.92 Å². The van der Waals surface area contributed by atoms with Gasteiger partial charge in [0.15, 0.2) is 5.69 Å². The number of aromatic nitrogens is 1. The van der Waals surface area contributed by atoms with Crippen LogP contribution in [0.5, 0.6) is 0 Å². The van der Waals surface area contributed by atoms with E-state index in [2.05, 4.69) is 9.71 Å². The number of sulfonamides is 1. The van der Waals surface area contributed by atoms with E-state index in [1.54, 1.807) is 18.2 Å². The van der Waals surface area contributed by atoms with Gasteiger partial charge in [-0.2, -0.15) is 0 Å². The lowest BCUT2D eigenvalue weighted by Gasteiger charge is -2.19. The molecule has 0 aliphatic carbocycles. The minimum Gasteiger partial charge on any atom is -0.464 e. The number of nitrogens with one attached hydrogen (secondary N) is 1. The summed E-state index contributed by atoms with van der Waals surface area (Å²) in [7, 11) is -2.55. The molecule has 1 atom stereocenters. The summed E-state index contributed by atoms with van der Waals surface area (Å²) in [4.78, 5) is 16.0. The Labute approximate surface area is 147 Å². The maximum atomic E-state index is 12.8. The van der Waals surface area contributed by atoms with Crippen LogP contribution in [0.25, 0.3) is 10.8 Å². The number of methoxy groups -OCH3 is 1. The molecule has 2 rings (SSSR count). The first-order chi connectivity index (χ1) is 11.8. The predicted octanol–water partition coefficient (Wildman–Crippen LogP) is 1.67. The van der Waals surface area contributed by atoms with Crippen molar-refractivity contribution in [2.24, 2.45) is 11.7 Å². The van der Waals surface area contributed by atoms with Crippen molar-refractivity contribution in [1.82, 2.24) is 9.71 Å². The topological polar surface area (TPSA) is 111 Å². The third kappa shape index (κ3) is 4.33. The van der Waals surface area contributed by atoms with Crippen LogP contribution in [-0.2, 0) is 14.8 Å². The molecule has 0 saturated carbocycles. The zero-order chi connectivity index (χ0) is 18.6. The van der Waals surface area contributed by atoms with Crippen LogP contribution in [0.1, 0.15) is 30.8 Å². The van der Waals surface area contributed by atoms with E-state index >= 15 is 0 Å². The summed E-state index contributed by atoms with van der Waals surface area (Å²) in [5.41, 5.74) is 5.78. The Bertz CT molecular complexity index is 865. The van der Waals surface area contributed by atoms with Gasteiger partial charge in [-0.25, -0.2) is 22.9 Å². The Kier molecular flexibility index (Phi) is 6.10. The number of hydrogen-bond donors (Lipinski definition) is 2. The van der Waals surface area contributed by atoms with Gasteiger partial charge in [-0.05, 0) is 24.5 Å². The molecule has 1 heterocycles. The number of pyridine rings is 1. The molecule has 1 aromatic heterocycles. The fraction of sp³-hybridized carbons (Fsp3) is 0.412. The number of carbonyl (C=O) groups is 1. The van der Waals surface area contributed by atoms with E-state index < -0.39 is 16.0 Å². The maximum Gasteiger partial charge on any atom is 0.357 e. The van der Waals surface area contributed by atoms with Crippen LogP contribution in [0.15, 0.2) is 35.4 Å². The largest absolute Gasteiger partial charge is 0.464 e. The lowest BCUT2D eigenvalue weighted by atomic mass is 10.1. The molecular weight excluding hydrogens is 342 g/mol. The van der Waals surface area contributed by atoms with Gasteiger partial charge < -0.3 is 10.5 Å². The first kappa shape index (κ1) is 19.3. The van der Waals surface area contributed by atoms with Gasteiger partial charge in [-0.1, -0.05) is 26.0 Å². The molecule has 1 aromatic carbocycles. The minimum atomic E-state index is -3.80. The van der Waals surface area contributed by atoms with Gasteiger partial charge in [-0.15, -0.1) is 0 Å². The standard InChI is InChI=1S/C17H23N3O4S/c1-11(2)9-12(10-18)20-25(22,23)15-6-4-5-14-13(15)7-8-19-16(14)17(21)24-3/h4-8,11-12,20H,9-10,18H2,1-3H3. The number of esters is 1. The van der Waals surface area contributed by atoms with Gasteiger partial charge in [0.05, 0.1) is 12.0 Å². The zero-order valence-corrected chi connectivity index (χ0v) is 15.3. The number of carbonyl (C=O) groups excluding carboxylic acids is 1. The molecule has 2 aromatic rings. The minimum absolute atomic E-state index is 0.0783. The summed E-state index contributed by atoms with van der Waals surface area (Å²) in [5.74, 6) is -0.313. The molecular formula is C17H23N3O4S. The van der Waals surface area contributed by atoms with E-state index in [-0.39, 0.29) is 23.2 Å². The maximum absolute atomic E-state index is 12.8. The van der Waals surface area contributed by atoms with E-state index in [1.165, 1.54) is 19.4 Å². The summed E-state index contributed by atoms with van der Waals surface area (Å²) in [6, 6.07) is 5.92. The average Bonchev–Trinajstić information content (AvgIpc) is 2.58. The highest BCUT2D eigenvalue weighted by Gasteiger charge is 2.23. The molecule has 0 amide bonds. The molecule has 0 radical (unpaired) electrons. The number of nitrogens with zero attached hydrogens (tertiary/aromatic N) is 1. The van der Waals surface area contributed by atoms with Gasteiger partial charge in [0, 0.05) is 29.6 Å². The van der Waals surface area contributed by atoms with Crippen LogP contribution >= 0.6 is 0 Å². The summed E-state index contributed by atoms with van der Waals surface area (Å²) >= 11 is 0. The fourth-order valence-corrected chi connectivity index (χ4v) is 4.20. The molecule has 136 valence electrons. The van der Waals surface area contributed by atoms with Crippen molar-refractivity contribution in [3.63, 3.8) is 0 Å². The normalized spacial score (nSPS) is 13.2. The Morgan fingerprint density at radius 3 is 2.60 bits per heavy atom. The average molecular weight is 365 g/mol. The third-order valence-corrected chi connectivity index (χ3v) is 5.38. The molecule has 3 N–H and O–H groups in total. The fourth-order valence-electron chi connectivity index (χ4n) is 2.72. The Hall–Kier alpha value is -2.03. The van der Waals surface area contributed by atoms with Crippen LogP contribution in [0.3, 0.4) is 0 Å². The third-order valence-electron chi connectivity index (χ3n) is 3.80. The van der Waals surface area contributed by atoms with Gasteiger partial charge in [0.25, 0.3) is 0 Å². The molecule has 0 aliphatic heterocycles. The Morgan fingerprint density at radius 2 is 2.00 bits per heavy atom. The van der Waals surface area contributed by atoms with Crippen LogP contribution in [0.4, 0.5) is 0 Å². The van der Waals surface area contributed by atoms with E-state index in [9.17, 15) is 13.2 Å². The lowest BCUT2D eigenvalue weighted by molar-refractivity contribution is 0.0596. The molecule has 0 aliphatic rings. The number of rotatable bonds is 7. The van der Waals surface area contributed by atoms with Gasteiger partial charge in [-0.3, -0.25) is 0 Å². The summed E-state index contributed by atoms with van der Waals surface area (Å²) < 4.78 is 33.1. The SMILES string of the molecule is COC(=O)c1nccc2c(S(=O)(=O)NC(CN)CC(C)C)cccc12. The van der Waals surface area contributed by atoms with Crippen molar-refractivity contribution in [2.45, 2.75) is 31.2 Å². The highest BCUT2D eigenvalue weighted by molar-refractivity contribution is 7.89. The monoisotopic (exact) mass is 365 g/mol. The quantitative estimate of drug-likeness (QED) is 0.722. The molecule has 25 heavy (non-hydrogen) atoms. The molecule has 0 bridgehead atoms. The van der Waals surface area contributed by atoms with Gasteiger partial charge >= 0.3 is 5.97 Å². The van der Waals surface area contributed by atoms with Crippen molar-refractivity contribution < 1.29 is 17.9 Å². The first-order valence-electron chi connectivity index (χ1n) is 7.98. The molecule has 8 heteroatoms. The van der Waals surface area contributed by atoms with E-state index in [0.717, 1.165) is 0 Å². The van der Waals surface area contributed by atoms with Crippen molar-refractivity contribution in [1.29, 1.82) is 0 Å². The van der Waals surface area contributed by atoms with Gasteiger partial charge in [0.1, 0.15) is 0 Å². The molecule has 0 saturated heterocycles. The second-order valence-corrected chi connectivity index (χ2v) is 7.87. The summed E-state index contributed by atoms with van der Waals surface area (Å²) in [5, 5.41) is 0.830. The van der Waals surface area contributed by atoms with Crippen molar-refractivity contribution >= 4 is 26.8 Å². The van der Waals surface area contributed by atoms with Crippen LogP contribution < -0.4 is 10.5 Å². The molecule has 0 spiro atoms. The van der Waals surface area contributed by atoms with E-state index in [1.807, 2.05) is 13.8 Å². The highest BCUT2D eigenvalue weighted by atomic mass is 32.2. The zero-order valence-electron chi connectivity index (χ0n) is 14.5. The molecule has 7 nitrogen and oxygen atoms in total. The highest BCUT2D eigenvalue weighted by Crippen LogP contribution is 2.25. The van der Waals surface area contributed by atoms with Crippen molar-refractivity contribution in [3.8, 4) is 0 Å². The lowest BCUT2D eigenvalue weighted by Crippen LogP contribution is -2.41. The van der Waals surface area contributed by atoms with E-state index in [4.69, 9.17) is 10.5 Å². The van der Waals surface area contributed by atoms with Crippen molar-refractivity contribution in [2.75, 3.05) is 13.7 Å². The number of nitrogens with two attached hydrogens (primary N) is 1. The van der Waals surface area contributed by atoms with Crippen molar-refractivity contribution in [3.05, 3.63) is 36.2 Å². The summed E-state index contributed by atoms with van der Waals surface area (Å²) in [6.45, 7) is 4.21.